The molecule has 0 spiro atoms. The van der Waals surface area contributed by atoms with E-state index in [-0.39, 0.29) is 0 Å². The van der Waals surface area contributed by atoms with Gasteiger partial charge in [-0.3, -0.25) is 0 Å². The molecule has 1 unspecified atom stereocenters. The molecular formula is C12H18BrN. The van der Waals surface area contributed by atoms with E-state index in [1.54, 1.807) is 0 Å². The lowest BCUT2D eigenvalue weighted by atomic mass is 9.90. The fraction of sp³-hybridized carbons (Fsp3) is 0.500. The number of nitrogens with two attached hydrogens (primary N) is 1. The molecule has 0 aliphatic rings. The molecule has 2 heteroatoms. The molecule has 0 aliphatic heterocycles. The molecule has 0 fully saturated rings. The molecule has 1 atom stereocenters. The summed E-state index contributed by atoms with van der Waals surface area (Å²) < 4.78 is 1.14. The van der Waals surface area contributed by atoms with Crippen molar-refractivity contribution in [2.45, 2.75) is 32.6 Å². The van der Waals surface area contributed by atoms with Gasteiger partial charge in [0.2, 0.25) is 0 Å². The Bertz CT molecular complexity index is 307. The molecule has 0 amide bonds. The van der Waals surface area contributed by atoms with E-state index < -0.39 is 0 Å². The lowest BCUT2D eigenvalue weighted by Crippen LogP contribution is -2.11. The monoisotopic (exact) mass is 255 g/mol. The summed E-state index contributed by atoms with van der Waals surface area (Å²) >= 11 is 3.50. The summed E-state index contributed by atoms with van der Waals surface area (Å²) in [7, 11) is 0. The molecule has 0 radical (unpaired) electrons. The van der Waals surface area contributed by atoms with Crippen LogP contribution in [0.1, 0.15) is 43.7 Å². The van der Waals surface area contributed by atoms with Crippen molar-refractivity contribution < 1.29 is 0 Å². The first-order chi connectivity index (χ1) is 6.56. The quantitative estimate of drug-likeness (QED) is 0.877. The summed E-state index contributed by atoms with van der Waals surface area (Å²) in [6.45, 7) is 7.32. The molecule has 0 saturated heterocycles. The predicted octanol–water partition coefficient (Wildman–Crippen LogP) is 3.63. The first-order valence-corrected chi connectivity index (χ1v) is 5.85. The standard InChI is InChI=1S/C12H18BrN/c1-8(2)11-5-4-10(13)6-12(11)9(3)7-14/h4-6,8-9H,7,14H2,1-3H3. The van der Waals surface area contributed by atoms with Crippen LogP contribution in [-0.4, -0.2) is 6.54 Å². The van der Waals surface area contributed by atoms with Gasteiger partial charge in [-0.05, 0) is 41.6 Å². The molecule has 0 aromatic heterocycles. The molecule has 78 valence electrons. The average Bonchev–Trinajstić information content (AvgIpc) is 2.16. The van der Waals surface area contributed by atoms with Crippen LogP contribution in [0.2, 0.25) is 0 Å². The van der Waals surface area contributed by atoms with E-state index >= 15 is 0 Å². The van der Waals surface area contributed by atoms with E-state index in [0.29, 0.717) is 18.4 Å². The van der Waals surface area contributed by atoms with Crippen LogP contribution in [0.25, 0.3) is 0 Å². The molecule has 1 aromatic rings. The third kappa shape index (κ3) is 2.58. The summed E-state index contributed by atoms with van der Waals surface area (Å²) in [5.74, 6) is 0.997. The highest BCUT2D eigenvalue weighted by Gasteiger charge is 2.11. The van der Waals surface area contributed by atoms with E-state index in [2.05, 4.69) is 54.9 Å². The van der Waals surface area contributed by atoms with Gasteiger partial charge in [-0.25, -0.2) is 0 Å². The Balaban J connectivity index is 3.15. The average molecular weight is 256 g/mol. The molecule has 14 heavy (non-hydrogen) atoms. The minimum Gasteiger partial charge on any atom is -0.330 e. The molecular weight excluding hydrogens is 238 g/mol. The maximum atomic E-state index is 5.71. The second-order valence-electron chi connectivity index (χ2n) is 4.06. The highest BCUT2D eigenvalue weighted by Crippen LogP contribution is 2.28. The second-order valence-corrected chi connectivity index (χ2v) is 4.98. The van der Waals surface area contributed by atoms with Crippen LogP contribution in [0.15, 0.2) is 22.7 Å². The van der Waals surface area contributed by atoms with Crippen molar-refractivity contribution in [2.24, 2.45) is 5.73 Å². The largest absolute Gasteiger partial charge is 0.330 e. The molecule has 0 bridgehead atoms. The van der Waals surface area contributed by atoms with E-state index in [1.807, 2.05) is 0 Å². The molecule has 1 rings (SSSR count). The Kier molecular flexibility index (Phi) is 4.14. The third-order valence-electron chi connectivity index (χ3n) is 2.56. The lowest BCUT2D eigenvalue weighted by molar-refractivity contribution is 0.739. The van der Waals surface area contributed by atoms with Crippen molar-refractivity contribution in [1.29, 1.82) is 0 Å². The van der Waals surface area contributed by atoms with Crippen molar-refractivity contribution in [3.63, 3.8) is 0 Å². The zero-order chi connectivity index (χ0) is 10.7. The SMILES string of the molecule is CC(C)c1ccc(Br)cc1C(C)CN. The fourth-order valence-electron chi connectivity index (χ4n) is 1.63. The van der Waals surface area contributed by atoms with Crippen molar-refractivity contribution in [3.8, 4) is 0 Å². The summed E-state index contributed by atoms with van der Waals surface area (Å²) in [5, 5.41) is 0. The van der Waals surface area contributed by atoms with Gasteiger partial charge in [0.1, 0.15) is 0 Å². The molecule has 0 heterocycles. The smallest absolute Gasteiger partial charge is 0.0178 e. The van der Waals surface area contributed by atoms with Crippen molar-refractivity contribution >= 4 is 15.9 Å². The Morgan fingerprint density at radius 2 is 1.86 bits per heavy atom. The van der Waals surface area contributed by atoms with Crippen LogP contribution >= 0.6 is 15.9 Å². The maximum Gasteiger partial charge on any atom is 0.0178 e. The fourth-order valence-corrected chi connectivity index (χ4v) is 2.00. The van der Waals surface area contributed by atoms with Crippen molar-refractivity contribution in [2.75, 3.05) is 6.54 Å². The Hall–Kier alpha value is -0.340. The summed E-state index contributed by atoms with van der Waals surface area (Å²) in [5.41, 5.74) is 8.49. The normalized spacial score (nSPS) is 13.3. The number of hydrogen-bond donors (Lipinski definition) is 1. The first kappa shape index (κ1) is 11.7. The van der Waals surface area contributed by atoms with E-state index in [1.165, 1.54) is 11.1 Å². The molecule has 2 N–H and O–H groups in total. The lowest BCUT2D eigenvalue weighted by Gasteiger charge is -2.17. The van der Waals surface area contributed by atoms with E-state index in [4.69, 9.17) is 5.73 Å². The molecule has 1 nitrogen and oxygen atoms in total. The number of benzene rings is 1. The zero-order valence-corrected chi connectivity index (χ0v) is 10.6. The number of rotatable bonds is 3. The van der Waals surface area contributed by atoms with Gasteiger partial charge in [0.15, 0.2) is 0 Å². The first-order valence-electron chi connectivity index (χ1n) is 5.05. The number of hydrogen-bond acceptors (Lipinski definition) is 1. The van der Waals surface area contributed by atoms with Crippen LogP contribution in [0.5, 0.6) is 0 Å². The summed E-state index contributed by atoms with van der Waals surface area (Å²) in [6.07, 6.45) is 0. The van der Waals surface area contributed by atoms with Gasteiger partial charge in [-0.15, -0.1) is 0 Å². The molecule has 0 saturated carbocycles. The molecule has 1 aromatic carbocycles. The minimum atomic E-state index is 0.435. The van der Waals surface area contributed by atoms with Gasteiger partial charge < -0.3 is 5.73 Å². The number of halogens is 1. The van der Waals surface area contributed by atoms with Gasteiger partial charge in [0.25, 0.3) is 0 Å². The molecule has 0 aliphatic carbocycles. The van der Waals surface area contributed by atoms with Crippen LogP contribution in [0.4, 0.5) is 0 Å². The van der Waals surface area contributed by atoms with Gasteiger partial charge in [-0.2, -0.15) is 0 Å². The summed E-state index contributed by atoms with van der Waals surface area (Å²) in [6, 6.07) is 6.48. The predicted molar refractivity (Wildman–Crippen MR) is 65.7 cm³/mol. The van der Waals surface area contributed by atoms with Gasteiger partial charge in [-0.1, -0.05) is 42.8 Å². The Labute approximate surface area is 94.8 Å². The third-order valence-corrected chi connectivity index (χ3v) is 3.05. The van der Waals surface area contributed by atoms with Crippen LogP contribution in [0, 0.1) is 0 Å². The zero-order valence-electron chi connectivity index (χ0n) is 9.05. The Morgan fingerprint density at radius 3 is 2.36 bits per heavy atom. The van der Waals surface area contributed by atoms with Gasteiger partial charge >= 0.3 is 0 Å². The minimum absolute atomic E-state index is 0.435. The maximum absolute atomic E-state index is 5.71. The highest BCUT2D eigenvalue weighted by atomic mass is 79.9. The second kappa shape index (κ2) is 4.94. The van der Waals surface area contributed by atoms with Crippen LogP contribution in [0.3, 0.4) is 0 Å². The van der Waals surface area contributed by atoms with Gasteiger partial charge in [0.05, 0.1) is 0 Å². The van der Waals surface area contributed by atoms with E-state index in [0.717, 1.165) is 4.47 Å². The van der Waals surface area contributed by atoms with Crippen LogP contribution in [-0.2, 0) is 0 Å². The van der Waals surface area contributed by atoms with Crippen molar-refractivity contribution in [1.82, 2.24) is 0 Å². The topological polar surface area (TPSA) is 26.0 Å². The van der Waals surface area contributed by atoms with Gasteiger partial charge in [0, 0.05) is 4.47 Å². The highest BCUT2D eigenvalue weighted by molar-refractivity contribution is 9.10. The van der Waals surface area contributed by atoms with E-state index in [9.17, 15) is 0 Å². The summed E-state index contributed by atoms with van der Waals surface area (Å²) in [4.78, 5) is 0. The Morgan fingerprint density at radius 1 is 1.21 bits per heavy atom. The van der Waals surface area contributed by atoms with Crippen LogP contribution < -0.4 is 5.73 Å². The van der Waals surface area contributed by atoms with Crippen molar-refractivity contribution in [3.05, 3.63) is 33.8 Å².